The van der Waals surface area contributed by atoms with E-state index >= 15 is 0 Å². The van der Waals surface area contributed by atoms with Crippen LogP contribution in [0.4, 0.5) is 5.69 Å². The van der Waals surface area contributed by atoms with Gasteiger partial charge in [0.1, 0.15) is 0 Å². The van der Waals surface area contributed by atoms with Crippen molar-refractivity contribution in [1.29, 1.82) is 0 Å². The number of pyridine rings is 1. The van der Waals surface area contributed by atoms with Crippen molar-refractivity contribution in [3.05, 3.63) is 30.5 Å². The molecule has 1 aromatic carbocycles. The first-order valence-corrected chi connectivity index (χ1v) is 5.99. The van der Waals surface area contributed by atoms with Crippen molar-refractivity contribution in [2.45, 2.75) is 26.8 Å². The average Bonchev–Trinajstić information content (AvgIpc) is 2.29. The zero-order chi connectivity index (χ0) is 12.3. The molecule has 0 saturated carbocycles. The number of ether oxygens (including phenoxy) is 1. The van der Waals surface area contributed by atoms with Crippen molar-refractivity contribution in [3.63, 3.8) is 0 Å². The van der Waals surface area contributed by atoms with Gasteiger partial charge in [-0.2, -0.15) is 0 Å². The Balaban J connectivity index is 2.45. The minimum Gasteiger partial charge on any atom is -0.478 e. The maximum atomic E-state index is 5.54. The van der Waals surface area contributed by atoms with E-state index in [4.69, 9.17) is 4.74 Å². The van der Waals surface area contributed by atoms with Gasteiger partial charge in [0, 0.05) is 23.3 Å². The first kappa shape index (κ1) is 11.7. The molecule has 1 N–H and O–H groups in total. The van der Waals surface area contributed by atoms with E-state index in [9.17, 15) is 0 Å². The summed E-state index contributed by atoms with van der Waals surface area (Å²) >= 11 is 0. The highest BCUT2D eigenvalue weighted by Crippen LogP contribution is 2.26. The maximum absolute atomic E-state index is 5.54. The lowest BCUT2D eigenvalue weighted by Crippen LogP contribution is -2.09. The summed E-state index contributed by atoms with van der Waals surface area (Å²) in [5.41, 5.74) is 1.10. The van der Waals surface area contributed by atoms with Crippen molar-refractivity contribution < 1.29 is 4.74 Å². The second-order valence-corrected chi connectivity index (χ2v) is 4.28. The van der Waals surface area contributed by atoms with Gasteiger partial charge in [-0.05, 0) is 44.4 Å². The molecule has 0 aliphatic rings. The molecule has 90 valence electrons. The summed E-state index contributed by atoms with van der Waals surface area (Å²) in [7, 11) is 0. The molecule has 0 unspecified atom stereocenters. The van der Waals surface area contributed by atoms with Crippen LogP contribution in [0.25, 0.3) is 10.8 Å². The summed E-state index contributed by atoms with van der Waals surface area (Å²) in [5.74, 6) is 0.706. The van der Waals surface area contributed by atoms with Gasteiger partial charge in [-0.1, -0.05) is 6.07 Å². The van der Waals surface area contributed by atoms with E-state index in [2.05, 4.69) is 42.3 Å². The minimum absolute atomic E-state index is 0.416. The summed E-state index contributed by atoms with van der Waals surface area (Å²) in [4.78, 5) is 4.27. The first-order valence-electron chi connectivity index (χ1n) is 5.99. The molecule has 0 aliphatic carbocycles. The number of hydrogen-bond donors (Lipinski definition) is 1. The topological polar surface area (TPSA) is 34.1 Å². The largest absolute Gasteiger partial charge is 0.478 e. The van der Waals surface area contributed by atoms with Crippen molar-refractivity contribution in [2.24, 2.45) is 0 Å². The van der Waals surface area contributed by atoms with Crippen LogP contribution < -0.4 is 10.1 Å². The SMILES string of the molecule is CCOc1nccc2ccc(NC(C)C)cc12. The number of nitrogens with one attached hydrogen (secondary N) is 1. The Hall–Kier alpha value is -1.77. The molecule has 0 radical (unpaired) electrons. The van der Waals surface area contributed by atoms with Crippen molar-refractivity contribution >= 4 is 16.5 Å². The predicted octanol–water partition coefficient (Wildman–Crippen LogP) is 3.45. The quantitative estimate of drug-likeness (QED) is 0.873. The van der Waals surface area contributed by atoms with Gasteiger partial charge in [-0.15, -0.1) is 0 Å². The van der Waals surface area contributed by atoms with Crippen LogP contribution in [0, 0.1) is 0 Å². The summed E-state index contributed by atoms with van der Waals surface area (Å²) in [5, 5.41) is 5.59. The third-order valence-electron chi connectivity index (χ3n) is 2.47. The fourth-order valence-corrected chi connectivity index (χ4v) is 1.82. The molecule has 1 heterocycles. The van der Waals surface area contributed by atoms with Crippen LogP contribution in [-0.4, -0.2) is 17.6 Å². The number of nitrogens with zero attached hydrogens (tertiary/aromatic N) is 1. The van der Waals surface area contributed by atoms with E-state index in [1.54, 1.807) is 6.20 Å². The van der Waals surface area contributed by atoms with Gasteiger partial charge in [-0.3, -0.25) is 0 Å². The third kappa shape index (κ3) is 2.67. The molecule has 0 saturated heterocycles. The van der Waals surface area contributed by atoms with Crippen molar-refractivity contribution in [1.82, 2.24) is 4.98 Å². The van der Waals surface area contributed by atoms with Crippen LogP contribution in [0.1, 0.15) is 20.8 Å². The van der Waals surface area contributed by atoms with E-state index in [0.717, 1.165) is 16.5 Å². The number of hydrogen-bond acceptors (Lipinski definition) is 3. The average molecular weight is 230 g/mol. The molecule has 0 fully saturated rings. The Labute approximate surface area is 102 Å². The van der Waals surface area contributed by atoms with Crippen LogP contribution in [-0.2, 0) is 0 Å². The number of benzene rings is 1. The Morgan fingerprint density at radius 2 is 2.12 bits per heavy atom. The molecule has 1 aromatic heterocycles. The molecule has 0 bridgehead atoms. The predicted molar refractivity (Wildman–Crippen MR) is 71.7 cm³/mol. The lowest BCUT2D eigenvalue weighted by atomic mass is 10.1. The zero-order valence-electron chi connectivity index (χ0n) is 10.5. The van der Waals surface area contributed by atoms with E-state index < -0.39 is 0 Å². The van der Waals surface area contributed by atoms with Gasteiger partial charge in [0.05, 0.1) is 6.61 Å². The van der Waals surface area contributed by atoms with E-state index in [0.29, 0.717) is 18.5 Å². The highest BCUT2D eigenvalue weighted by atomic mass is 16.5. The van der Waals surface area contributed by atoms with Crippen LogP contribution in [0.3, 0.4) is 0 Å². The van der Waals surface area contributed by atoms with Crippen LogP contribution in [0.5, 0.6) is 5.88 Å². The van der Waals surface area contributed by atoms with Crippen LogP contribution >= 0.6 is 0 Å². The number of anilines is 1. The second-order valence-electron chi connectivity index (χ2n) is 4.28. The van der Waals surface area contributed by atoms with Gasteiger partial charge in [0.25, 0.3) is 0 Å². The van der Waals surface area contributed by atoms with E-state index in [-0.39, 0.29) is 0 Å². The van der Waals surface area contributed by atoms with Gasteiger partial charge >= 0.3 is 0 Å². The van der Waals surface area contributed by atoms with Crippen LogP contribution in [0.2, 0.25) is 0 Å². The van der Waals surface area contributed by atoms with Gasteiger partial charge in [0.15, 0.2) is 0 Å². The Bertz CT molecular complexity index is 509. The number of rotatable bonds is 4. The molecular formula is C14H18N2O. The first-order chi connectivity index (χ1) is 8.20. The maximum Gasteiger partial charge on any atom is 0.221 e. The Morgan fingerprint density at radius 3 is 2.82 bits per heavy atom. The monoisotopic (exact) mass is 230 g/mol. The lowest BCUT2D eigenvalue weighted by molar-refractivity contribution is 0.331. The summed E-state index contributed by atoms with van der Waals surface area (Å²) in [6, 6.07) is 8.67. The van der Waals surface area contributed by atoms with Gasteiger partial charge in [0.2, 0.25) is 5.88 Å². The molecule has 0 aliphatic heterocycles. The molecule has 0 spiro atoms. The van der Waals surface area contributed by atoms with Gasteiger partial charge in [-0.25, -0.2) is 4.98 Å². The molecule has 2 rings (SSSR count). The molecular weight excluding hydrogens is 212 g/mol. The second kappa shape index (κ2) is 5.04. The summed E-state index contributed by atoms with van der Waals surface area (Å²) in [6.07, 6.45) is 1.78. The summed E-state index contributed by atoms with van der Waals surface area (Å²) < 4.78 is 5.54. The lowest BCUT2D eigenvalue weighted by Gasteiger charge is -2.12. The normalized spacial score (nSPS) is 10.8. The van der Waals surface area contributed by atoms with E-state index in [1.165, 1.54) is 0 Å². The molecule has 3 nitrogen and oxygen atoms in total. The Morgan fingerprint density at radius 1 is 1.29 bits per heavy atom. The minimum atomic E-state index is 0.416. The molecule has 0 amide bonds. The van der Waals surface area contributed by atoms with Crippen molar-refractivity contribution in [2.75, 3.05) is 11.9 Å². The molecule has 3 heteroatoms. The standard InChI is InChI=1S/C14H18N2O/c1-4-17-14-13-9-12(16-10(2)3)6-5-11(13)7-8-15-14/h5-10,16H,4H2,1-3H3. The van der Waals surface area contributed by atoms with Gasteiger partial charge < -0.3 is 10.1 Å². The fourth-order valence-electron chi connectivity index (χ4n) is 1.82. The smallest absolute Gasteiger partial charge is 0.221 e. The zero-order valence-corrected chi connectivity index (χ0v) is 10.5. The number of fused-ring (bicyclic) bond motifs is 1. The van der Waals surface area contributed by atoms with E-state index in [1.807, 2.05) is 13.0 Å². The third-order valence-corrected chi connectivity index (χ3v) is 2.47. The highest BCUT2D eigenvalue weighted by molar-refractivity contribution is 5.89. The molecule has 17 heavy (non-hydrogen) atoms. The summed E-state index contributed by atoms with van der Waals surface area (Å²) in [6.45, 7) is 6.85. The molecule has 0 atom stereocenters. The van der Waals surface area contributed by atoms with Crippen LogP contribution in [0.15, 0.2) is 30.5 Å². The number of aromatic nitrogens is 1. The van der Waals surface area contributed by atoms with Crippen molar-refractivity contribution in [3.8, 4) is 5.88 Å². The highest BCUT2D eigenvalue weighted by Gasteiger charge is 2.04. The fraction of sp³-hybridized carbons (Fsp3) is 0.357. The molecule has 2 aromatic rings. The Kier molecular flexibility index (Phi) is 3.47.